The molecule has 1 aromatic rings. The van der Waals surface area contributed by atoms with Crippen LogP contribution in [0.4, 0.5) is 5.69 Å². The molecule has 0 atom stereocenters. The maximum atomic E-state index is 12.3. The van der Waals surface area contributed by atoms with Crippen molar-refractivity contribution in [3.05, 3.63) is 29.8 Å². The van der Waals surface area contributed by atoms with Gasteiger partial charge in [-0.05, 0) is 44.0 Å². The predicted octanol–water partition coefficient (Wildman–Crippen LogP) is 2.46. The van der Waals surface area contributed by atoms with Gasteiger partial charge in [0.25, 0.3) is 0 Å². The number of anilines is 1. The van der Waals surface area contributed by atoms with Gasteiger partial charge in [-0.2, -0.15) is 0 Å². The van der Waals surface area contributed by atoms with Crippen molar-refractivity contribution in [3.63, 3.8) is 0 Å². The molecule has 21 heavy (non-hydrogen) atoms. The van der Waals surface area contributed by atoms with Crippen molar-refractivity contribution in [3.8, 4) is 0 Å². The molecule has 0 aliphatic heterocycles. The number of hydrogen-bond acceptors (Lipinski definition) is 4. The van der Waals surface area contributed by atoms with Gasteiger partial charge >= 0.3 is 5.97 Å². The summed E-state index contributed by atoms with van der Waals surface area (Å²) < 4.78 is 4.91. The number of esters is 1. The monoisotopic (exact) mass is 290 g/mol. The fraction of sp³-hybridized carbons (Fsp3) is 0.500. The van der Waals surface area contributed by atoms with E-state index in [1.54, 1.807) is 31.2 Å². The van der Waals surface area contributed by atoms with Crippen LogP contribution in [0, 0.1) is 0 Å². The van der Waals surface area contributed by atoms with E-state index in [4.69, 9.17) is 10.5 Å². The molecule has 0 radical (unpaired) electrons. The molecule has 0 spiro atoms. The van der Waals surface area contributed by atoms with Gasteiger partial charge < -0.3 is 15.8 Å². The molecule has 114 valence electrons. The normalized spacial score (nSPS) is 17.0. The first-order valence-corrected chi connectivity index (χ1v) is 7.43. The van der Waals surface area contributed by atoms with Crippen molar-refractivity contribution >= 4 is 17.6 Å². The Bertz CT molecular complexity index is 505. The average Bonchev–Trinajstić information content (AvgIpc) is 2.49. The molecule has 0 heterocycles. The van der Waals surface area contributed by atoms with Gasteiger partial charge in [-0.15, -0.1) is 0 Å². The Morgan fingerprint density at radius 1 is 1.19 bits per heavy atom. The number of rotatable bonds is 4. The summed E-state index contributed by atoms with van der Waals surface area (Å²) in [7, 11) is 0. The molecular weight excluding hydrogens is 268 g/mol. The van der Waals surface area contributed by atoms with E-state index < -0.39 is 5.54 Å². The topological polar surface area (TPSA) is 81.4 Å². The van der Waals surface area contributed by atoms with Gasteiger partial charge in [0.2, 0.25) is 5.91 Å². The van der Waals surface area contributed by atoms with Gasteiger partial charge in [-0.1, -0.05) is 19.3 Å². The van der Waals surface area contributed by atoms with Crippen molar-refractivity contribution in [1.82, 2.24) is 0 Å². The molecule has 1 fully saturated rings. The highest BCUT2D eigenvalue weighted by Crippen LogP contribution is 2.27. The Morgan fingerprint density at radius 2 is 1.81 bits per heavy atom. The Kier molecular flexibility index (Phi) is 4.96. The van der Waals surface area contributed by atoms with Crippen molar-refractivity contribution in [1.29, 1.82) is 0 Å². The van der Waals surface area contributed by atoms with Crippen molar-refractivity contribution in [2.24, 2.45) is 5.73 Å². The lowest BCUT2D eigenvalue weighted by atomic mass is 9.82. The molecule has 0 unspecified atom stereocenters. The summed E-state index contributed by atoms with van der Waals surface area (Å²) in [5, 5.41) is 2.83. The number of amides is 1. The van der Waals surface area contributed by atoms with Crippen LogP contribution in [-0.2, 0) is 9.53 Å². The summed E-state index contributed by atoms with van der Waals surface area (Å²) in [5.74, 6) is -0.510. The zero-order chi connectivity index (χ0) is 15.3. The minimum atomic E-state index is -0.766. The van der Waals surface area contributed by atoms with Crippen LogP contribution in [-0.4, -0.2) is 24.0 Å². The zero-order valence-electron chi connectivity index (χ0n) is 12.4. The van der Waals surface area contributed by atoms with Crippen molar-refractivity contribution < 1.29 is 14.3 Å². The molecule has 5 nitrogen and oxygen atoms in total. The highest BCUT2D eigenvalue weighted by Gasteiger charge is 2.35. The Morgan fingerprint density at radius 3 is 2.38 bits per heavy atom. The largest absolute Gasteiger partial charge is 0.462 e. The number of nitrogens with two attached hydrogens (primary N) is 1. The van der Waals surface area contributed by atoms with E-state index in [0.29, 0.717) is 17.9 Å². The molecule has 1 aromatic carbocycles. The van der Waals surface area contributed by atoms with Crippen LogP contribution in [0.2, 0.25) is 0 Å². The summed E-state index contributed by atoms with van der Waals surface area (Å²) in [5.41, 5.74) is 6.53. The molecule has 0 saturated heterocycles. The van der Waals surface area contributed by atoms with E-state index in [1.807, 2.05) is 0 Å². The molecule has 2 rings (SSSR count). The zero-order valence-corrected chi connectivity index (χ0v) is 12.4. The van der Waals surface area contributed by atoms with E-state index in [-0.39, 0.29) is 11.9 Å². The second-order valence-electron chi connectivity index (χ2n) is 5.47. The number of benzene rings is 1. The average molecular weight is 290 g/mol. The summed E-state index contributed by atoms with van der Waals surface area (Å²) in [6.07, 6.45) is 4.57. The van der Waals surface area contributed by atoms with E-state index >= 15 is 0 Å². The smallest absolute Gasteiger partial charge is 0.338 e. The van der Waals surface area contributed by atoms with Gasteiger partial charge in [0.15, 0.2) is 0 Å². The van der Waals surface area contributed by atoms with E-state index in [9.17, 15) is 9.59 Å². The second kappa shape index (κ2) is 6.72. The molecular formula is C16H22N2O3. The van der Waals surface area contributed by atoms with Gasteiger partial charge in [-0.25, -0.2) is 4.79 Å². The first kappa shape index (κ1) is 15.5. The quantitative estimate of drug-likeness (QED) is 0.835. The van der Waals surface area contributed by atoms with Crippen molar-refractivity contribution in [2.75, 3.05) is 11.9 Å². The number of nitrogens with one attached hydrogen (secondary N) is 1. The SMILES string of the molecule is CCOC(=O)c1ccc(NC(=O)C2(N)CCCCC2)cc1. The molecule has 3 N–H and O–H groups in total. The van der Waals surface area contributed by atoms with Gasteiger partial charge in [-0.3, -0.25) is 4.79 Å². The first-order valence-electron chi connectivity index (χ1n) is 7.43. The van der Waals surface area contributed by atoms with E-state index in [0.717, 1.165) is 32.1 Å². The lowest BCUT2D eigenvalue weighted by Gasteiger charge is -2.31. The van der Waals surface area contributed by atoms with Crippen LogP contribution in [0.3, 0.4) is 0 Å². The molecule has 5 heteroatoms. The number of hydrogen-bond donors (Lipinski definition) is 2. The summed E-state index contributed by atoms with van der Waals surface area (Å²) in [6.45, 7) is 2.10. The molecule has 1 aliphatic rings. The third-order valence-electron chi connectivity index (χ3n) is 3.85. The van der Waals surface area contributed by atoms with Gasteiger partial charge in [0.05, 0.1) is 17.7 Å². The highest BCUT2D eigenvalue weighted by molar-refractivity contribution is 5.98. The Balaban J connectivity index is 1.99. The van der Waals surface area contributed by atoms with Crippen LogP contribution >= 0.6 is 0 Å². The summed E-state index contributed by atoms with van der Waals surface area (Å²) in [4.78, 5) is 23.8. The van der Waals surface area contributed by atoms with Crippen LogP contribution < -0.4 is 11.1 Å². The third kappa shape index (κ3) is 3.82. The molecule has 1 amide bonds. The van der Waals surface area contributed by atoms with E-state index in [2.05, 4.69) is 5.32 Å². The van der Waals surface area contributed by atoms with Crippen LogP contribution in [0.1, 0.15) is 49.4 Å². The van der Waals surface area contributed by atoms with Crippen LogP contribution in [0.25, 0.3) is 0 Å². The maximum absolute atomic E-state index is 12.3. The predicted molar refractivity (Wildman–Crippen MR) is 81.0 cm³/mol. The minimum Gasteiger partial charge on any atom is -0.462 e. The first-order chi connectivity index (χ1) is 10.0. The second-order valence-corrected chi connectivity index (χ2v) is 5.47. The molecule has 0 bridgehead atoms. The third-order valence-corrected chi connectivity index (χ3v) is 3.85. The number of carbonyl (C=O) groups is 2. The summed E-state index contributed by atoms with van der Waals surface area (Å²) >= 11 is 0. The fourth-order valence-electron chi connectivity index (χ4n) is 2.57. The van der Waals surface area contributed by atoms with E-state index in [1.165, 1.54) is 0 Å². The fourth-order valence-corrected chi connectivity index (χ4v) is 2.57. The summed E-state index contributed by atoms with van der Waals surface area (Å²) in [6, 6.07) is 6.65. The molecule has 0 aromatic heterocycles. The lowest BCUT2D eigenvalue weighted by Crippen LogP contribution is -2.52. The van der Waals surface area contributed by atoms with Crippen LogP contribution in [0.5, 0.6) is 0 Å². The van der Waals surface area contributed by atoms with Gasteiger partial charge in [0, 0.05) is 5.69 Å². The number of ether oxygens (including phenoxy) is 1. The molecule has 1 saturated carbocycles. The Labute approximate surface area is 124 Å². The standard InChI is InChI=1S/C16H22N2O3/c1-2-21-14(19)12-6-8-13(9-7-12)18-15(20)16(17)10-4-3-5-11-16/h6-9H,2-5,10-11,17H2,1H3,(H,18,20). The van der Waals surface area contributed by atoms with Crippen LogP contribution in [0.15, 0.2) is 24.3 Å². The Hall–Kier alpha value is -1.88. The number of carbonyl (C=O) groups excluding carboxylic acids is 2. The molecule has 1 aliphatic carbocycles. The van der Waals surface area contributed by atoms with Gasteiger partial charge in [0.1, 0.15) is 0 Å². The van der Waals surface area contributed by atoms with Crippen molar-refractivity contribution in [2.45, 2.75) is 44.6 Å². The lowest BCUT2D eigenvalue weighted by molar-refractivity contribution is -0.122. The highest BCUT2D eigenvalue weighted by atomic mass is 16.5. The minimum absolute atomic E-state index is 0.147. The maximum Gasteiger partial charge on any atom is 0.338 e.